The summed E-state index contributed by atoms with van der Waals surface area (Å²) in [5, 5.41) is 117. The van der Waals surface area contributed by atoms with Gasteiger partial charge in [-0.25, -0.2) is 4.79 Å². The summed E-state index contributed by atoms with van der Waals surface area (Å²) >= 11 is 0. The zero-order chi connectivity index (χ0) is 104. The van der Waals surface area contributed by atoms with Crippen LogP contribution < -0.4 is 162 Å². The number of aliphatic carboxylic acids is 1. The van der Waals surface area contributed by atoms with Gasteiger partial charge < -0.3 is 168 Å². The Morgan fingerprint density at radius 2 is 0.676 bits per heavy atom. The minimum atomic E-state index is -1.83. The number of nitrogens with two attached hydrogens (primary N) is 7. The van der Waals surface area contributed by atoms with Crippen molar-refractivity contribution < 1.29 is 91.4 Å². The zero-order valence-electron chi connectivity index (χ0n) is 78.7. The lowest BCUT2D eigenvalue weighted by Crippen LogP contribution is -2.62. The third-order valence-corrected chi connectivity index (χ3v) is 28.0. The highest BCUT2D eigenvalue weighted by atomic mass is 33.1. The highest BCUT2D eigenvalue weighted by Gasteiger charge is 2.42. The van der Waals surface area contributed by atoms with Crippen LogP contribution in [0.4, 0.5) is 0 Å². The smallest absolute Gasteiger partial charge is 0.326 e. The zero-order valence-corrected chi connectivity index (χ0v) is 83.6. The van der Waals surface area contributed by atoms with Gasteiger partial charge in [-0.2, -0.15) is 0 Å². The van der Waals surface area contributed by atoms with E-state index >= 15 is 47.9 Å². The fraction of sp³-hybridized carbons (Fsp3) is 0.692. The summed E-state index contributed by atoms with van der Waals surface area (Å²) < 4.78 is 0. The maximum atomic E-state index is 15.5. The number of carboxylic acids is 1. The molecular weight excluding hydrogens is 1940 g/mol. The van der Waals surface area contributed by atoms with Crippen LogP contribution in [0.2, 0.25) is 0 Å². The second-order valence-electron chi connectivity index (χ2n) is 33.6. The van der Waals surface area contributed by atoms with Crippen molar-refractivity contribution in [3.8, 4) is 0 Å². The van der Waals surface area contributed by atoms with E-state index in [9.17, 15) is 43.5 Å². The van der Waals surface area contributed by atoms with Crippen LogP contribution in [0.3, 0.4) is 0 Å². The second kappa shape index (κ2) is 64.4. The Bertz CT molecular complexity index is 4250. The van der Waals surface area contributed by atoms with E-state index in [2.05, 4.69) is 122 Å². The van der Waals surface area contributed by atoms with Crippen molar-refractivity contribution in [3.05, 3.63) is 0 Å². The Hall–Kier alpha value is -11.9. The van der Waals surface area contributed by atoms with E-state index in [-0.39, 0.29) is 116 Å². The normalized spacial score (nSPS) is 23.4. The van der Waals surface area contributed by atoms with Gasteiger partial charge in [0.15, 0.2) is 35.8 Å². The molecule has 0 aromatic rings. The molecule has 0 aliphatic carbocycles. The van der Waals surface area contributed by atoms with Crippen molar-refractivity contribution in [2.45, 2.75) is 229 Å². The van der Waals surface area contributed by atoms with Gasteiger partial charge in [0.2, 0.25) is 100 Å². The molecule has 3 rings (SSSR count). The van der Waals surface area contributed by atoms with Gasteiger partial charge in [-0.15, -0.1) is 0 Å². The summed E-state index contributed by atoms with van der Waals surface area (Å²) in [5.41, 5.74) is 39.1. The van der Waals surface area contributed by atoms with Crippen LogP contribution in [0.15, 0.2) is 0 Å². The van der Waals surface area contributed by atoms with Gasteiger partial charge in [0.25, 0.3) is 0 Å². The van der Waals surface area contributed by atoms with E-state index in [0.717, 1.165) is 64.8 Å². The molecule has 0 radical (unpaired) electrons. The topological polar surface area (TPSA) is 929 Å². The largest absolute Gasteiger partial charge is 0.480 e. The lowest BCUT2D eigenvalue weighted by molar-refractivity contribution is -0.142. The number of hydrogen-bond donors (Lipinski definition) is 37. The molecule has 782 valence electrons. The van der Waals surface area contributed by atoms with Crippen LogP contribution in [-0.2, 0) is 86.3 Å². The van der Waals surface area contributed by atoms with Crippen molar-refractivity contribution in [1.29, 1.82) is 32.5 Å². The number of guanidine groups is 6. The van der Waals surface area contributed by atoms with E-state index < -0.39 is 310 Å². The molecule has 139 heavy (non-hydrogen) atoms. The lowest BCUT2D eigenvalue weighted by atomic mass is 10.0. The first kappa shape index (κ1) is 121. The molecule has 44 N–H and O–H groups in total. The van der Waals surface area contributed by atoms with Gasteiger partial charge in [-0.1, -0.05) is 120 Å². The van der Waals surface area contributed by atoms with Gasteiger partial charge >= 0.3 is 5.97 Å². The predicted molar refractivity (Wildman–Crippen MR) is 530 cm³/mol. The fourth-order valence-corrected chi connectivity index (χ4v) is 20.2. The molecule has 0 spiro atoms. The standard InChI is InChI=1S/C78H140N36O19S6/c1-35(2)53(111-51(115)27-79)68(128)107-45-29-134-137-32-48(65(125)101-41(17-11-23-94-75(84)85)59(119)104-44(72(132)133)20-14-26-97-78(90)91)110-71(131)56(38(7)8)114-67(127)50-34-139-138-33-49(105-60(120)42(102-62(45)122)18-12-24-95-76(86)87)66(126)113-55(37(5)6)70(130)109-47-31-136-135-30-46(63(123)103-43(61(121)106-50)19-13-25-96-77(88)89)108-69(129)54(36(3)4)112-52(116)28-98-57(117)39(15-9-21-92-73(80)81)99-58(118)40(100-64(47)124)16-10-22-93-74(82)83/h35-50,53-56H,9-34,79H2,1-8H3,(H,98,117)(H,99,118)(H,100,124)(H,101,125)(H,102,122)(H,103,123)(H,104,119)(H,105,120)(H,106,121)(H,107,128)(H,108,129)(H,109,130)(H,110,131)(H,111,115)(H,112,116)(H,113,126)(H,114,127)(H,132,133)(H4,80,81,92)(H4,82,83,93)(H4,84,85,94)(H4,86,87,95)(H4,88,89,96)(H4,90,91,97)/t39-,40-,41-,42-,43-,44-,45-,46-,47-,48-,49?,50?,53-,54-,55-,56+/m0/s1. The number of carbonyl (C=O) groups is 18. The first-order chi connectivity index (χ1) is 65.5. The molecule has 0 aromatic carbocycles. The van der Waals surface area contributed by atoms with Crippen LogP contribution in [0.5, 0.6) is 0 Å². The Kier molecular flexibility index (Phi) is 56.2. The number of amides is 17. The summed E-state index contributed by atoms with van der Waals surface area (Å²) in [6.45, 7) is 10.5. The molecule has 17 amide bonds. The van der Waals surface area contributed by atoms with Gasteiger partial charge in [-0.05, 0) is 101 Å². The van der Waals surface area contributed by atoms with Crippen molar-refractivity contribution in [2.24, 2.45) is 63.8 Å². The summed E-state index contributed by atoms with van der Waals surface area (Å²) in [5.74, 6) is -28.4. The van der Waals surface area contributed by atoms with Gasteiger partial charge in [-0.3, -0.25) is 114 Å². The molecule has 2 unspecified atom stereocenters. The molecule has 0 saturated carbocycles. The quantitative estimate of drug-likeness (QED) is 0.0119. The fourth-order valence-electron chi connectivity index (χ4n) is 13.2. The molecule has 3 aliphatic rings. The monoisotopic (exact) mass is 2080 g/mol. The Balaban J connectivity index is 2.63. The van der Waals surface area contributed by atoms with Crippen LogP contribution in [-0.4, -0.2) is 331 Å². The highest BCUT2D eigenvalue weighted by molar-refractivity contribution is 8.77. The van der Waals surface area contributed by atoms with Gasteiger partial charge in [0.05, 0.1) is 13.1 Å². The Morgan fingerprint density at radius 3 is 1.04 bits per heavy atom. The Labute approximate surface area is 828 Å². The van der Waals surface area contributed by atoms with Crippen LogP contribution in [0.25, 0.3) is 0 Å². The number of hydrogen-bond acceptors (Lipinski definition) is 31. The van der Waals surface area contributed by atoms with Crippen molar-refractivity contribution in [1.82, 2.24) is 122 Å². The maximum absolute atomic E-state index is 15.5. The van der Waals surface area contributed by atoms with Crippen LogP contribution in [0, 0.1) is 56.1 Å². The predicted octanol–water partition coefficient (Wildman–Crippen LogP) is -10.7. The van der Waals surface area contributed by atoms with E-state index in [1.165, 1.54) is 27.7 Å². The summed E-state index contributed by atoms with van der Waals surface area (Å²) in [6, 6.07) is -26.7. The summed E-state index contributed by atoms with van der Waals surface area (Å²) in [6.07, 6.45) is -1.71. The molecule has 3 aliphatic heterocycles. The van der Waals surface area contributed by atoms with Crippen molar-refractivity contribution >= 4 is 207 Å². The number of fused-ring (bicyclic) bond motifs is 10. The van der Waals surface area contributed by atoms with E-state index in [4.69, 9.17) is 72.6 Å². The SMILES string of the molecule is CC(C)[C@H](NC(=O)CN)C(=O)N[C@H]1CSSC[C@@H](C(=O)N[C@@H](CCCNC(=N)N)C(=O)N[C@@H](CCCNC(=N)N)C(=O)O)NC(=O)[C@@H](C(C)C)NC(=O)C2CSSCC(NC(=O)[C@H](CCCNC(=N)N)NC1=O)C(=O)N[C@@H](C(C)C)C(=O)N[C@H]1CSSC[C@H](NC(=O)[C@H](C(C)C)NC(=O)CNC(=O)[C@H](CCCNC(=N)N)NC(=O)[C@H](CCCNC(=N)N)NC1=O)C(=O)N[C@@H](CCCNC(=N)N)C(=O)N2. The number of rotatable bonds is 37. The molecule has 0 aromatic heterocycles. The number of carboxylic acid groups (broad SMARTS) is 1. The molecule has 3 fully saturated rings. The van der Waals surface area contributed by atoms with Crippen molar-refractivity contribution in [2.75, 3.05) is 86.9 Å². The number of carbonyl (C=O) groups excluding carboxylic acids is 17. The molecule has 61 heteroatoms. The maximum Gasteiger partial charge on any atom is 0.326 e. The lowest BCUT2D eigenvalue weighted by Gasteiger charge is -2.30. The van der Waals surface area contributed by atoms with Crippen LogP contribution >= 0.6 is 64.8 Å². The molecule has 55 nitrogen and oxygen atoms in total. The minimum absolute atomic E-state index is 0.00212. The highest BCUT2D eigenvalue weighted by Crippen LogP contribution is 2.28. The first-order valence-electron chi connectivity index (χ1n) is 44.8. The third-order valence-electron chi connectivity index (χ3n) is 20.8. The third kappa shape index (κ3) is 47.6. The molecule has 3 saturated heterocycles. The molecule has 3 heterocycles. The minimum Gasteiger partial charge on any atom is -0.480 e. The average molecular weight is 2080 g/mol. The van der Waals surface area contributed by atoms with E-state index in [1.807, 2.05) is 0 Å². The summed E-state index contributed by atoms with van der Waals surface area (Å²) in [4.78, 5) is 266. The van der Waals surface area contributed by atoms with Gasteiger partial charge in [0, 0.05) is 73.8 Å². The van der Waals surface area contributed by atoms with Crippen LogP contribution in [0.1, 0.15) is 132 Å². The van der Waals surface area contributed by atoms with Crippen molar-refractivity contribution in [3.63, 3.8) is 0 Å². The molecule has 16 atom stereocenters. The van der Waals surface area contributed by atoms with E-state index in [0.29, 0.717) is 0 Å². The van der Waals surface area contributed by atoms with Gasteiger partial charge in [0.1, 0.15) is 96.7 Å². The Morgan fingerprint density at radius 1 is 0.360 bits per heavy atom. The molecular formula is C78H140N36O19S6. The average Bonchev–Trinajstić information content (AvgIpc) is 0.847. The number of nitrogens with one attached hydrogen (secondary N) is 29. The van der Waals surface area contributed by atoms with E-state index in [1.54, 1.807) is 27.7 Å². The molecule has 4 bridgehead atoms. The second-order valence-corrected chi connectivity index (χ2v) is 41.3. The first-order valence-corrected chi connectivity index (χ1v) is 52.3. The summed E-state index contributed by atoms with van der Waals surface area (Å²) in [7, 11) is 4.72.